The maximum absolute atomic E-state index is 13.8. The van der Waals surface area contributed by atoms with Crippen LogP contribution >= 0.6 is 0 Å². The summed E-state index contributed by atoms with van der Waals surface area (Å²) < 4.78 is 0. The summed E-state index contributed by atoms with van der Waals surface area (Å²) in [5.41, 5.74) is 5.60. The van der Waals surface area contributed by atoms with Crippen molar-refractivity contribution >= 4 is 23.2 Å². The van der Waals surface area contributed by atoms with Gasteiger partial charge in [-0.3, -0.25) is 14.6 Å². The molecule has 0 spiro atoms. The topological polar surface area (TPSA) is 74.3 Å². The number of carbonyl (C=O) groups is 2. The van der Waals surface area contributed by atoms with Gasteiger partial charge in [0.15, 0.2) is 0 Å². The SMILES string of the molecule is O=C(NCc1cccnc1)c1cc(NC(=O)C23CC4CC(CC(C4)C2)C3)ccc1N1CCc2ccccc2C1. The second-order valence-corrected chi connectivity index (χ2v) is 12.4. The Kier molecular flexibility index (Phi) is 6.14. The van der Waals surface area contributed by atoms with Gasteiger partial charge in [-0.25, -0.2) is 0 Å². The Labute approximate surface area is 230 Å². The van der Waals surface area contributed by atoms with Gasteiger partial charge >= 0.3 is 0 Å². The fourth-order valence-electron chi connectivity index (χ4n) is 8.21. The van der Waals surface area contributed by atoms with E-state index in [4.69, 9.17) is 0 Å². The molecule has 2 N–H and O–H groups in total. The number of rotatable bonds is 6. The largest absolute Gasteiger partial charge is 0.366 e. The van der Waals surface area contributed by atoms with Crippen molar-refractivity contribution in [2.45, 2.75) is 58.0 Å². The molecule has 3 aromatic rings. The first-order chi connectivity index (χ1) is 19.0. The summed E-state index contributed by atoms with van der Waals surface area (Å²) in [6.07, 6.45) is 11.4. The lowest BCUT2D eigenvalue weighted by molar-refractivity contribution is -0.140. The van der Waals surface area contributed by atoms with Crippen molar-refractivity contribution in [3.8, 4) is 0 Å². The minimum Gasteiger partial charge on any atom is -0.366 e. The normalized spacial score (nSPS) is 26.7. The molecule has 2 heterocycles. The molecule has 5 aliphatic rings. The molecule has 4 bridgehead atoms. The van der Waals surface area contributed by atoms with Gasteiger partial charge in [-0.15, -0.1) is 0 Å². The predicted molar refractivity (Wildman–Crippen MR) is 152 cm³/mol. The van der Waals surface area contributed by atoms with E-state index in [9.17, 15) is 9.59 Å². The molecule has 200 valence electrons. The van der Waals surface area contributed by atoms with Crippen molar-refractivity contribution in [3.63, 3.8) is 0 Å². The molecule has 39 heavy (non-hydrogen) atoms. The monoisotopic (exact) mass is 520 g/mol. The van der Waals surface area contributed by atoms with E-state index >= 15 is 0 Å². The molecule has 8 rings (SSSR count). The number of anilines is 2. The van der Waals surface area contributed by atoms with E-state index in [0.29, 0.717) is 35.5 Å². The summed E-state index contributed by atoms with van der Waals surface area (Å²) in [6, 6.07) is 18.2. The summed E-state index contributed by atoms with van der Waals surface area (Å²) in [7, 11) is 0. The van der Waals surface area contributed by atoms with E-state index < -0.39 is 0 Å². The van der Waals surface area contributed by atoms with Gasteiger partial charge in [-0.05, 0) is 104 Å². The van der Waals surface area contributed by atoms with E-state index in [1.807, 2.05) is 30.3 Å². The number of fused-ring (bicyclic) bond motifs is 1. The highest BCUT2D eigenvalue weighted by atomic mass is 16.2. The first kappa shape index (κ1) is 24.4. The van der Waals surface area contributed by atoms with E-state index in [1.54, 1.807) is 12.4 Å². The standard InChI is InChI=1S/C33H36N4O2/c38-31(35-20-22-4-3-10-34-19-22)29-15-28(7-8-30(29)37-11-9-26-5-1-2-6-27(26)21-37)36-32(39)33-16-23-12-24(17-33)14-25(13-23)18-33/h1-8,10,15,19,23-25H,9,11-14,16-18,20-21H2,(H,35,38)(H,36,39). The van der Waals surface area contributed by atoms with Crippen LogP contribution in [-0.4, -0.2) is 23.3 Å². The number of nitrogens with one attached hydrogen (secondary N) is 2. The van der Waals surface area contributed by atoms with Crippen molar-refractivity contribution in [1.82, 2.24) is 10.3 Å². The van der Waals surface area contributed by atoms with Crippen LogP contribution < -0.4 is 15.5 Å². The summed E-state index contributed by atoms with van der Waals surface area (Å²) >= 11 is 0. The molecule has 4 aliphatic carbocycles. The number of carbonyl (C=O) groups excluding carboxylic acids is 2. The van der Waals surface area contributed by atoms with Gasteiger partial charge in [0.05, 0.1) is 11.0 Å². The van der Waals surface area contributed by atoms with Gasteiger partial charge in [0.1, 0.15) is 0 Å². The van der Waals surface area contributed by atoms with E-state index in [-0.39, 0.29) is 17.2 Å². The number of benzene rings is 2. The van der Waals surface area contributed by atoms with Crippen molar-refractivity contribution < 1.29 is 9.59 Å². The quantitative estimate of drug-likeness (QED) is 0.435. The molecule has 4 saturated carbocycles. The van der Waals surface area contributed by atoms with Crippen molar-refractivity contribution in [2.24, 2.45) is 23.2 Å². The predicted octanol–water partition coefficient (Wildman–Crippen LogP) is 5.73. The zero-order valence-corrected chi connectivity index (χ0v) is 22.4. The van der Waals surface area contributed by atoms with E-state index in [1.165, 1.54) is 30.4 Å². The van der Waals surface area contributed by atoms with Crippen LogP contribution in [0.2, 0.25) is 0 Å². The zero-order valence-electron chi connectivity index (χ0n) is 22.4. The Morgan fingerprint density at radius 3 is 2.38 bits per heavy atom. The third kappa shape index (κ3) is 4.70. The van der Waals surface area contributed by atoms with Crippen LogP contribution in [0.4, 0.5) is 11.4 Å². The molecular weight excluding hydrogens is 484 g/mol. The molecule has 1 aliphatic heterocycles. The first-order valence-corrected chi connectivity index (χ1v) is 14.5. The Hall–Kier alpha value is -3.67. The Morgan fingerprint density at radius 1 is 0.923 bits per heavy atom. The summed E-state index contributed by atoms with van der Waals surface area (Å²) in [4.78, 5) is 33.8. The van der Waals surface area contributed by atoms with Gasteiger partial charge < -0.3 is 15.5 Å². The molecule has 2 aromatic carbocycles. The fourth-order valence-corrected chi connectivity index (χ4v) is 8.21. The molecule has 1 aromatic heterocycles. The number of amides is 2. The minimum atomic E-state index is -0.229. The van der Waals surface area contributed by atoms with E-state index in [0.717, 1.165) is 50.0 Å². The lowest BCUT2D eigenvalue weighted by atomic mass is 9.49. The number of hydrogen-bond acceptors (Lipinski definition) is 4. The van der Waals surface area contributed by atoms with Crippen LogP contribution in [-0.2, 0) is 24.3 Å². The summed E-state index contributed by atoms with van der Waals surface area (Å²) in [5, 5.41) is 6.35. The third-order valence-electron chi connectivity index (χ3n) is 9.67. The molecule has 2 amide bonds. The number of aromatic nitrogens is 1. The Bertz CT molecular complexity index is 1370. The molecular formula is C33H36N4O2. The fraction of sp³-hybridized carbons (Fsp3) is 0.424. The molecule has 6 nitrogen and oxygen atoms in total. The van der Waals surface area contributed by atoms with Crippen molar-refractivity contribution in [3.05, 3.63) is 89.2 Å². The van der Waals surface area contributed by atoms with Crippen LogP contribution in [0.15, 0.2) is 67.0 Å². The lowest BCUT2D eigenvalue weighted by Gasteiger charge is -2.55. The van der Waals surface area contributed by atoms with Crippen LogP contribution in [0.1, 0.15) is 65.6 Å². The van der Waals surface area contributed by atoms with Gasteiger partial charge in [-0.1, -0.05) is 30.3 Å². The Balaban J connectivity index is 1.15. The number of hydrogen-bond donors (Lipinski definition) is 2. The van der Waals surface area contributed by atoms with Crippen molar-refractivity contribution in [2.75, 3.05) is 16.8 Å². The second kappa shape index (κ2) is 9.82. The average molecular weight is 521 g/mol. The molecule has 0 saturated heterocycles. The zero-order chi connectivity index (χ0) is 26.4. The maximum Gasteiger partial charge on any atom is 0.253 e. The second-order valence-electron chi connectivity index (χ2n) is 12.4. The molecule has 0 radical (unpaired) electrons. The number of pyridine rings is 1. The molecule has 6 heteroatoms. The summed E-state index contributed by atoms with van der Waals surface area (Å²) in [6.45, 7) is 2.01. The lowest BCUT2D eigenvalue weighted by Crippen LogP contribution is -2.51. The van der Waals surface area contributed by atoms with Gasteiger partial charge in [0.2, 0.25) is 5.91 Å². The van der Waals surface area contributed by atoms with Crippen molar-refractivity contribution in [1.29, 1.82) is 0 Å². The third-order valence-corrected chi connectivity index (χ3v) is 9.67. The highest BCUT2D eigenvalue weighted by Gasteiger charge is 2.54. The molecule has 0 atom stereocenters. The Morgan fingerprint density at radius 2 is 1.67 bits per heavy atom. The first-order valence-electron chi connectivity index (χ1n) is 14.5. The van der Waals surface area contributed by atoms with Crippen LogP contribution in [0.3, 0.4) is 0 Å². The smallest absolute Gasteiger partial charge is 0.253 e. The maximum atomic E-state index is 13.8. The van der Waals surface area contributed by atoms with Crippen LogP contribution in [0.25, 0.3) is 0 Å². The average Bonchev–Trinajstić information content (AvgIpc) is 2.95. The number of nitrogens with zero attached hydrogens (tertiary/aromatic N) is 2. The summed E-state index contributed by atoms with van der Waals surface area (Å²) in [5.74, 6) is 2.14. The molecule has 4 fully saturated rings. The van der Waals surface area contributed by atoms with Crippen LogP contribution in [0, 0.1) is 23.2 Å². The van der Waals surface area contributed by atoms with Crippen LogP contribution in [0.5, 0.6) is 0 Å². The molecule has 0 unspecified atom stereocenters. The highest BCUT2D eigenvalue weighted by Crippen LogP contribution is 2.60. The van der Waals surface area contributed by atoms with Gasteiger partial charge in [0, 0.05) is 43.4 Å². The van der Waals surface area contributed by atoms with Gasteiger partial charge in [0.25, 0.3) is 5.91 Å². The van der Waals surface area contributed by atoms with Gasteiger partial charge in [-0.2, -0.15) is 0 Å². The van der Waals surface area contributed by atoms with E-state index in [2.05, 4.69) is 44.8 Å². The minimum absolute atomic E-state index is 0.140. The highest BCUT2D eigenvalue weighted by molar-refractivity contribution is 6.03.